The van der Waals surface area contributed by atoms with Crippen LogP contribution >= 0.6 is 0 Å². The maximum Gasteiger partial charge on any atom is 0.245 e. The standard InChI is InChI=1S/C11H13N3O3S/c1-14(11(8-12)4-6-17-9-11)18(15,16)10-3-2-5-13-7-10/h2-3,5,7H,4,6,9H2,1H3. The van der Waals surface area contributed by atoms with E-state index in [-0.39, 0.29) is 11.5 Å². The van der Waals surface area contributed by atoms with Gasteiger partial charge in [0.15, 0.2) is 0 Å². The fourth-order valence-electron chi connectivity index (χ4n) is 1.85. The molecule has 1 aliphatic heterocycles. The summed E-state index contributed by atoms with van der Waals surface area (Å²) in [5.74, 6) is 0. The van der Waals surface area contributed by atoms with Crippen LogP contribution in [-0.4, -0.2) is 43.5 Å². The first kappa shape index (κ1) is 13.0. The van der Waals surface area contributed by atoms with Gasteiger partial charge in [-0.1, -0.05) is 0 Å². The molecule has 18 heavy (non-hydrogen) atoms. The Morgan fingerprint density at radius 3 is 2.89 bits per heavy atom. The zero-order chi connectivity index (χ0) is 13.2. The summed E-state index contributed by atoms with van der Waals surface area (Å²) < 4.78 is 31.0. The van der Waals surface area contributed by atoms with Crippen LogP contribution in [0.4, 0.5) is 0 Å². The molecular weight excluding hydrogens is 254 g/mol. The van der Waals surface area contributed by atoms with Crippen molar-refractivity contribution < 1.29 is 13.2 Å². The van der Waals surface area contributed by atoms with Crippen molar-refractivity contribution >= 4 is 10.0 Å². The summed E-state index contributed by atoms with van der Waals surface area (Å²) in [4.78, 5) is 3.87. The third-order valence-corrected chi connectivity index (χ3v) is 5.01. The van der Waals surface area contributed by atoms with E-state index in [1.54, 1.807) is 6.07 Å². The smallest absolute Gasteiger partial charge is 0.245 e. The van der Waals surface area contributed by atoms with Gasteiger partial charge in [0.1, 0.15) is 10.4 Å². The van der Waals surface area contributed by atoms with Crippen LogP contribution in [0, 0.1) is 11.3 Å². The molecule has 0 amide bonds. The summed E-state index contributed by atoms with van der Waals surface area (Å²) in [6, 6.07) is 5.06. The first-order valence-electron chi connectivity index (χ1n) is 5.41. The number of hydrogen-bond acceptors (Lipinski definition) is 5. The highest BCUT2D eigenvalue weighted by molar-refractivity contribution is 7.89. The average Bonchev–Trinajstić information content (AvgIpc) is 2.88. The Hall–Kier alpha value is -1.49. The fraction of sp³-hybridized carbons (Fsp3) is 0.455. The second-order valence-electron chi connectivity index (χ2n) is 4.11. The topological polar surface area (TPSA) is 83.3 Å². The lowest BCUT2D eigenvalue weighted by atomic mass is 10.0. The highest BCUT2D eigenvalue weighted by Crippen LogP contribution is 2.29. The summed E-state index contributed by atoms with van der Waals surface area (Å²) in [5.41, 5.74) is -1.12. The number of rotatable bonds is 3. The van der Waals surface area contributed by atoms with Crippen molar-refractivity contribution in [2.24, 2.45) is 0 Å². The number of pyridine rings is 1. The second-order valence-corrected chi connectivity index (χ2v) is 6.08. The van der Waals surface area contributed by atoms with Gasteiger partial charge in [-0.3, -0.25) is 4.98 Å². The molecule has 1 aromatic rings. The van der Waals surface area contributed by atoms with Crippen molar-refractivity contribution in [3.8, 4) is 6.07 Å². The van der Waals surface area contributed by atoms with E-state index in [2.05, 4.69) is 11.1 Å². The molecule has 96 valence electrons. The van der Waals surface area contributed by atoms with Crippen LogP contribution in [0.2, 0.25) is 0 Å². The van der Waals surface area contributed by atoms with E-state index in [1.807, 2.05) is 0 Å². The minimum absolute atomic E-state index is 0.0778. The van der Waals surface area contributed by atoms with E-state index < -0.39 is 15.6 Å². The Balaban J connectivity index is 2.40. The number of nitrogens with zero attached hydrogens (tertiary/aromatic N) is 3. The lowest BCUT2D eigenvalue weighted by molar-refractivity contribution is 0.162. The van der Waals surface area contributed by atoms with Gasteiger partial charge >= 0.3 is 0 Å². The van der Waals surface area contributed by atoms with E-state index in [9.17, 15) is 13.7 Å². The quantitative estimate of drug-likeness (QED) is 0.790. The monoisotopic (exact) mass is 267 g/mol. The number of ether oxygens (including phenoxy) is 1. The highest BCUT2D eigenvalue weighted by atomic mass is 32.2. The number of likely N-dealkylation sites (N-methyl/N-ethyl adjacent to an activating group) is 1. The molecule has 1 atom stereocenters. The number of hydrogen-bond donors (Lipinski definition) is 0. The molecule has 6 nitrogen and oxygen atoms in total. The minimum Gasteiger partial charge on any atom is -0.378 e. The van der Waals surface area contributed by atoms with Gasteiger partial charge in [-0.2, -0.15) is 9.57 Å². The van der Waals surface area contributed by atoms with Crippen LogP contribution in [0.25, 0.3) is 0 Å². The number of aromatic nitrogens is 1. The van der Waals surface area contributed by atoms with Crippen molar-refractivity contribution in [2.75, 3.05) is 20.3 Å². The zero-order valence-electron chi connectivity index (χ0n) is 9.91. The molecule has 0 aromatic carbocycles. The second kappa shape index (κ2) is 4.65. The van der Waals surface area contributed by atoms with Gasteiger partial charge in [-0.25, -0.2) is 8.42 Å². The lowest BCUT2D eigenvalue weighted by Crippen LogP contribution is -2.49. The molecule has 0 aliphatic carbocycles. The maximum absolute atomic E-state index is 12.4. The highest BCUT2D eigenvalue weighted by Gasteiger charge is 2.45. The third kappa shape index (κ3) is 1.99. The van der Waals surface area contributed by atoms with Gasteiger partial charge in [0.25, 0.3) is 0 Å². The van der Waals surface area contributed by atoms with Crippen LogP contribution < -0.4 is 0 Å². The molecule has 2 rings (SSSR count). The molecule has 1 unspecified atom stereocenters. The summed E-state index contributed by atoms with van der Waals surface area (Å²) >= 11 is 0. The van der Waals surface area contributed by atoms with Gasteiger partial charge in [-0.05, 0) is 12.1 Å². The van der Waals surface area contributed by atoms with E-state index in [4.69, 9.17) is 4.74 Å². The Kier molecular flexibility index (Phi) is 3.34. The van der Waals surface area contributed by atoms with E-state index >= 15 is 0 Å². The van der Waals surface area contributed by atoms with Gasteiger partial charge in [-0.15, -0.1) is 0 Å². The van der Waals surface area contributed by atoms with Gasteiger partial charge in [0, 0.05) is 32.5 Å². The maximum atomic E-state index is 12.4. The van der Waals surface area contributed by atoms with Crippen molar-refractivity contribution in [2.45, 2.75) is 16.9 Å². The van der Waals surface area contributed by atoms with Crippen LogP contribution in [0.5, 0.6) is 0 Å². The normalized spacial score (nSPS) is 24.1. The molecule has 0 radical (unpaired) electrons. The summed E-state index contributed by atoms with van der Waals surface area (Å²) in [6.07, 6.45) is 3.14. The summed E-state index contributed by atoms with van der Waals surface area (Å²) in [6.45, 7) is 0.486. The fourth-order valence-corrected chi connectivity index (χ4v) is 3.25. The van der Waals surface area contributed by atoms with E-state index in [0.29, 0.717) is 13.0 Å². The average molecular weight is 267 g/mol. The van der Waals surface area contributed by atoms with E-state index in [1.165, 1.54) is 25.5 Å². The molecule has 0 spiro atoms. The molecule has 0 saturated carbocycles. The number of nitriles is 1. The molecule has 2 heterocycles. The van der Waals surface area contributed by atoms with Gasteiger partial charge < -0.3 is 4.74 Å². The first-order chi connectivity index (χ1) is 8.53. The van der Waals surface area contributed by atoms with Crippen LogP contribution in [0.15, 0.2) is 29.4 Å². The predicted molar refractivity (Wildman–Crippen MR) is 63.0 cm³/mol. The molecule has 0 bridgehead atoms. The summed E-state index contributed by atoms with van der Waals surface area (Å²) in [5, 5.41) is 9.25. The van der Waals surface area contributed by atoms with Gasteiger partial charge in [0.05, 0.1) is 12.7 Å². The largest absolute Gasteiger partial charge is 0.378 e. The lowest BCUT2D eigenvalue weighted by Gasteiger charge is -2.29. The summed E-state index contributed by atoms with van der Waals surface area (Å²) in [7, 11) is -2.32. The molecule has 1 fully saturated rings. The van der Waals surface area contributed by atoms with Crippen molar-refractivity contribution in [3.05, 3.63) is 24.5 Å². The van der Waals surface area contributed by atoms with E-state index in [0.717, 1.165) is 4.31 Å². The predicted octanol–water partition coefficient (Wildman–Crippen LogP) is 0.385. The van der Waals surface area contributed by atoms with Crippen LogP contribution in [-0.2, 0) is 14.8 Å². The molecule has 1 saturated heterocycles. The molecule has 1 aliphatic rings. The van der Waals surface area contributed by atoms with Crippen molar-refractivity contribution in [3.63, 3.8) is 0 Å². The van der Waals surface area contributed by atoms with Crippen molar-refractivity contribution in [1.29, 1.82) is 5.26 Å². The minimum atomic E-state index is -3.72. The Morgan fingerprint density at radius 2 is 2.39 bits per heavy atom. The molecule has 1 aromatic heterocycles. The Morgan fingerprint density at radius 1 is 1.61 bits per heavy atom. The number of sulfonamides is 1. The van der Waals surface area contributed by atoms with Crippen LogP contribution in [0.3, 0.4) is 0 Å². The third-order valence-electron chi connectivity index (χ3n) is 3.10. The van der Waals surface area contributed by atoms with Gasteiger partial charge in [0.2, 0.25) is 10.0 Å². The van der Waals surface area contributed by atoms with Crippen LogP contribution in [0.1, 0.15) is 6.42 Å². The molecular formula is C11H13N3O3S. The Bertz CT molecular complexity index is 559. The SMILES string of the molecule is CN(C1(C#N)CCOC1)S(=O)(=O)c1cccnc1. The molecule has 7 heteroatoms. The molecule has 0 N–H and O–H groups in total. The first-order valence-corrected chi connectivity index (χ1v) is 6.85. The Labute approximate surface area is 106 Å². The van der Waals surface area contributed by atoms with Crippen molar-refractivity contribution in [1.82, 2.24) is 9.29 Å². The zero-order valence-corrected chi connectivity index (χ0v) is 10.7.